The first-order chi connectivity index (χ1) is 14.1. The van der Waals surface area contributed by atoms with Crippen LogP contribution in [0.5, 0.6) is 0 Å². The molecule has 1 aromatic carbocycles. The molecule has 2 bridgehead atoms. The van der Waals surface area contributed by atoms with Gasteiger partial charge in [-0.2, -0.15) is 10.2 Å². The minimum absolute atomic E-state index is 0.377. The number of nitrogens with two attached hydrogens (primary N) is 1. The summed E-state index contributed by atoms with van der Waals surface area (Å²) >= 11 is 3.56. The van der Waals surface area contributed by atoms with Crippen LogP contribution in [-0.4, -0.2) is 22.6 Å². The smallest absolute Gasteiger partial charge is 0.224 e. The molecule has 6 nitrogen and oxygen atoms in total. The van der Waals surface area contributed by atoms with Crippen LogP contribution in [0.4, 0.5) is 11.8 Å². The summed E-state index contributed by atoms with van der Waals surface area (Å²) in [6.45, 7) is 1.44. The number of rotatable bonds is 6. The van der Waals surface area contributed by atoms with Crippen molar-refractivity contribution in [3.8, 4) is 6.07 Å². The number of nitriles is 1. The molecule has 2 saturated carbocycles. The molecule has 0 spiro atoms. The van der Waals surface area contributed by atoms with Crippen LogP contribution in [-0.2, 0) is 6.54 Å². The molecule has 4 rings (SSSR count). The largest absolute Gasteiger partial charge is 0.369 e. The van der Waals surface area contributed by atoms with Gasteiger partial charge in [0.1, 0.15) is 17.5 Å². The number of hydrogen-bond donors (Lipinski definition) is 3. The molecule has 4 N–H and O–H groups in total. The lowest BCUT2D eigenvalue weighted by Gasteiger charge is -2.44. The van der Waals surface area contributed by atoms with Gasteiger partial charge in [0, 0.05) is 23.6 Å². The highest BCUT2D eigenvalue weighted by Crippen LogP contribution is 2.41. The van der Waals surface area contributed by atoms with Crippen molar-refractivity contribution in [1.82, 2.24) is 9.97 Å². The summed E-state index contributed by atoms with van der Waals surface area (Å²) in [7, 11) is 0. The van der Waals surface area contributed by atoms with Gasteiger partial charge in [0.05, 0.1) is 6.20 Å². The van der Waals surface area contributed by atoms with Gasteiger partial charge in [-0.3, -0.25) is 0 Å². The summed E-state index contributed by atoms with van der Waals surface area (Å²) in [4.78, 5) is 8.85. The lowest BCUT2D eigenvalue weighted by Crippen LogP contribution is -2.47. The second kappa shape index (κ2) is 9.10. The molecule has 0 radical (unpaired) electrons. The molecular weight excluding hydrogens is 428 g/mol. The van der Waals surface area contributed by atoms with Crippen LogP contribution in [0.25, 0.3) is 0 Å². The van der Waals surface area contributed by atoms with E-state index >= 15 is 0 Å². The van der Waals surface area contributed by atoms with E-state index in [-0.39, 0.29) is 0 Å². The van der Waals surface area contributed by atoms with E-state index in [4.69, 9.17) is 5.73 Å². The lowest BCUT2D eigenvalue weighted by molar-refractivity contribution is 0.112. The first-order valence-corrected chi connectivity index (χ1v) is 11.2. The molecule has 7 heteroatoms. The Kier molecular flexibility index (Phi) is 6.31. The number of benzene rings is 1. The molecule has 0 aliphatic heterocycles. The molecular formula is C22H27BrN6. The van der Waals surface area contributed by atoms with Crippen LogP contribution in [0, 0.1) is 29.1 Å². The normalized spacial score (nSPS) is 25.8. The molecule has 1 unspecified atom stereocenters. The zero-order chi connectivity index (χ0) is 20.2. The molecule has 152 valence electrons. The van der Waals surface area contributed by atoms with Gasteiger partial charge in [0.15, 0.2) is 0 Å². The summed E-state index contributed by atoms with van der Waals surface area (Å²) in [6, 6.07) is 10.6. The predicted octanol–water partition coefficient (Wildman–Crippen LogP) is 4.29. The summed E-state index contributed by atoms with van der Waals surface area (Å²) in [5.74, 6) is 3.01. The quantitative estimate of drug-likeness (QED) is 0.601. The van der Waals surface area contributed by atoms with E-state index in [1.54, 1.807) is 6.20 Å². The molecule has 2 aromatic rings. The average Bonchev–Trinajstić information content (AvgIpc) is 2.72. The van der Waals surface area contributed by atoms with E-state index in [2.05, 4.69) is 42.6 Å². The monoisotopic (exact) mass is 454 g/mol. The Hall–Kier alpha value is -2.17. The summed E-state index contributed by atoms with van der Waals surface area (Å²) in [5.41, 5.74) is 8.02. The second-order valence-corrected chi connectivity index (χ2v) is 9.11. The molecule has 0 amide bonds. The van der Waals surface area contributed by atoms with Gasteiger partial charge in [-0.1, -0.05) is 40.5 Å². The summed E-state index contributed by atoms with van der Waals surface area (Å²) in [6.07, 6.45) is 7.77. The highest BCUT2D eigenvalue weighted by molar-refractivity contribution is 9.10. The van der Waals surface area contributed by atoms with Crippen molar-refractivity contribution in [1.29, 1.82) is 5.26 Å². The first kappa shape index (κ1) is 20.1. The highest BCUT2D eigenvalue weighted by Gasteiger charge is 2.37. The lowest BCUT2D eigenvalue weighted by atomic mass is 9.65. The zero-order valence-corrected chi connectivity index (χ0v) is 18.0. The van der Waals surface area contributed by atoms with Crippen LogP contribution in [0.1, 0.15) is 43.2 Å². The Morgan fingerprint density at radius 3 is 2.66 bits per heavy atom. The van der Waals surface area contributed by atoms with E-state index in [0.29, 0.717) is 47.7 Å². The molecule has 1 heterocycles. The van der Waals surface area contributed by atoms with Gasteiger partial charge in [0.2, 0.25) is 5.95 Å². The zero-order valence-electron chi connectivity index (χ0n) is 16.4. The van der Waals surface area contributed by atoms with E-state index < -0.39 is 0 Å². The van der Waals surface area contributed by atoms with Gasteiger partial charge in [-0.15, -0.1) is 0 Å². The maximum absolute atomic E-state index is 9.44. The van der Waals surface area contributed by atoms with Gasteiger partial charge in [0.25, 0.3) is 0 Å². The molecule has 2 aliphatic carbocycles. The van der Waals surface area contributed by atoms with Gasteiger partial charge < -0.3 is 16.4 Å². The van der Waals surface area contributed by atoms with E-state index in [9.17, 15) is 5.26 Å². The van der Waals surface area contributed by atoms with E-state index in [1.807, 2.05) is 24.3 Å². The topological polar surface area (TPSA) is 99.6 Å². The van der Waals surface area contributed by atoms with Crippen LogP contribution in [0.2, 0.25) is 0 Å². The van der Waals surface area contributed by atoms with Crippen LogP contribution in [0.3, 0.4) is 0 Å². The van der Waals surface area contributed by atoms with Crippen molar-refractivity contribution >= 4 is 27.7 Å². The average molecular weight is 455 g/mol. The third kappa shape index (κ3) is 4.71. The van der Waals surface area contributed by atoms with Crippen molar-refractivity contribution in [2.24, 2.45) is 23.5 Å². The third-order valence-corrected chi connectivity index (χ3v) is 7.15. The Bertz CT molecular complexity index is 881. The molecule has 4 atom stereocenters. The molecule has 29 heavy (non-hydrogen) atoms. The third-order valence-electron chi connectivity index (χ3n) is 6.37. The number of nitrogens with one attached hydrogen (secondary N) is 2. The van der Waals surface area contributed by atoms with Gasteiger partial charge in [-0.05, 0) is 55.1 Å². The molecule has 1 aromatic heterocycles. The predicted molar refractivity (Wildman–Crippen MR) is 118 cm³/mol. The number of hydrogen-bond acceptors (Lipinski definition) is 6. The SMILES string of the molecule is N#Cc1cnc(NCc2ccccc2Br)nc1NCC1C[C@H]2CCC[C@@H](C1)[C@@H]2N. The summed E-state index contributed by atoms with van der Waals surface area (Å²) in [5, 5.41) is 16.1. The fourth-order valence-electron chi connectivity index (χ4n) is 4.82. The summed E-state index contributed by atoms with van der Waals surface area (Å²) < 4.78 is 1.04. The number of fused-ring (bicyclic) bond motifs is 2. The first-order valence-electron chi connectivity index (χ1n) is 10.4. The van der Waals surface area contributed by atoms with Crippen molar-refractivity contribution in [3.05, 3.63) is 46.1 Å². The minimum atomic E-state index is 0.377. The van der Waals surface area contributed by atoms with E-state index in [0.717, 1.165) is 16.6 Å². The molecule has 2 fully saturated rings. The van der Waals surface area contributed by atoms with Gasteiger partial charge in [-0.25, -0.2) is 4.98 Å². The number of halogens is 1. The maximum Gasteiger partial charge on any atom is 0.224 e. The van der Waals surface area contributed by atoms with Crippen LogP contribution < -0.4 is 16.4 Å². The fourth-order valence-corrected chi connectivity index (χ4v) is 5.25. The Labute approximate surface area is 180 Å². The van der Waals surface area contributed by atoms with Gasteiger partial charge >= 0.3 is 0 Å². The standard InChI is InChI=1S/C22H27BrN6/c23-19-7-2-1-4-17(19)12-27-22-28-13-18(10-24)21(29-22)26-11-14-8-15-5-3-6-16(9-14)20(15)25/h1-2,4,7,13-16,20H,3,5-6,8-9,11-12,25H2,(H2,26,27,28,29)/t14?,15-,16+,20-. The Morgan fingerprint density at radius 1 is 1.17 bits per heavy atom. The van der Waals surface area contributed by atoms with E-state index in [1.165, 1.54) is 32.1 Å². The van der Waals surface area contributed by atoms with Crippen LogP contribution in [0.15, 0.2) is 34.9 Å². The van der Waals surface area contributed by atoms with Crippen LogP contribution >= 0.6 is 15.9 Å². The Balaban J connectivity index is 1.40. The van der Waals surface area contributed by atoms with Crippen molar-refractivity contribution < 1.29 is 0 Å². The minimum Gasteiger partial charge on any atom is -0.369 e. The fraction of sp³-hybridized carbons (Fsp3) is 0.500. The highest BCUT2D eigenvalue weighted by atomic mass is 79.9. The second-order valence-electron chi connectivity index (χ2n) is 8.26. The molecule has 0 saturated heterocycles. The van der Waals surface area contributed by atoms with Crippen molar-refractivity contribution in [2.45, 2.75) is 44.7 Å². The molecule has 2 aliphatic rings. The number of nitrogens with zero attached hydrogens (tertiary/aromatic N) is 3. The maximum atomic E-state index is 9.44. The Morgan fingerprint density at radius 2 is 1.93 bits per heavy atom. The number of aromatic nitrogens is 2. The number of anilines is 2. The van der Waals surface area contributed by atoms with Crippen molar-refractivity contribution in [3.63, 3.8) is 0 Å². The van der Waals surface area contributed by atoms with Crippen molar-refractivity contribution in [2.75, 3.05) is 17.2 Å².